The SMILES string of the molecule is CC(C)(C)OC(=O)Nc1ccc(C#N)nc1C(=O)c1ncccc1F. The lowest BCUT2D eigenvalue weighted by atomic mass is 10.1. The number of halogens is 1. The zero-order valence-electron chi connectivity index (χ0n) is 13.8. The Bertz CT molecular complexity index is 869. The lowest BCUT2D eigenvalue weighted by Gasteiger charge is -2.20. The van der Waals surface area contributed by atoms with Gasteiger partial charge in [-0.1, -0.05) is 0 Å². The number of ether oxygens (including phenoxy) is 1. The van der Waals surface area contributed by atoms with Gasteiger partial charge in [-0.05, 0) is 45.0 Å². The molecule has 0 saturated carbocycles. The van der Waals surface area contributed by atoms with Crippen molar-refractivity contribution in [3.63, 3.8) is 0 Å². The third-order valence-electron chi connectivity index (χ3n) is 2.83. The summed E-state index contributed by atoms with van der Waals surface area (Å²) in [5, 5.41) is 11.4. The quantitative estimate of drug-likeness (QED) is 0.860. The minimum atomic E-state index is -0.860. The monoisotopic (exact) mass is 342 g/mol. The third-order valence-corrected chi connectivity index (χ3v) is 2.83. The molecule has 128 valence electrons. The number of aromatic nitrogens is 2. The standard InChI is InChI=1S/C17H15FN4O3/c1-17(2,3)25-16(24)22-12-7-6-10(9-19)21-14(12)15(23)13-11(18)5-4-8-20-13/h4-8H,1-3H3,(H,22,24). The molecule has 0 aliphatic rings. The van der Waals surface area contributed by atoms with Crippen LogP contribution < -0.4 is 5.32 Å². The van der Waals surface area contributed by atoms with Crippen molar-refractivity contribution in [3.05, 3.63) is 53.4 Å². The average Bonchev–Trinajstić information content (AvgIpc) is 2.53. The lowest BCUT2D eigenvalue weighted by Crippen LogP contribution is -2.28. The molecule has 25 heavy (non-hydrogen) atoms. The Labute approximate surface area is 143 Å². The maximum Gasteiger partial charge on any atom is 0.412 e. The van der Waals surface area contributed by atoms with Crippen molar-refractivity contribution in [2.24, 2.45) is 0 Å². The van der Waals surface area contributed by atoms with E-state index in [9.17, 15) is 14.0 Å². The van der Waals surface area contributed by atoms with Crippen LogP contribution in [-0.2, 0) is 4.74 Å². The molecule has 0 spiro atoms. The zero-order chi connectivity index (χ0) is 18.6. The second-order valence-corrected chi connectivity index (χ2v) is 5.99. The van der Waals surface area contributed by atoms with E-state index in [0.29, 0.717) is 0 Å². The number of nitriles is 1. The Balaban J connectivity index is 2.42. The molecule has 0 aliphatic carbocycles. The number of carbonyl (C=O) groups excluding carboxylic acids is 2. The number of rotatable bonds is 3. The minimum absolute atomic E-state index is 0.0108. The fourth-order valence-electron chi connectivity index (χ4n) is 1.87. The smallest absolute Gasteiger partial charge is 0.412 e. The van der Waals surface area contributed by atoms with Gasteiger partial charge in [-0.15, -0.1) is 0 Å². The highest BCUT2D eigenvalue weighted by molar-refractivity contribution is 6.11. The molecule has 1 amide bonds. The summed E-state index contributed by atoms with van der Waals surface area (Å²) < 4.78 is 19.0. The number of carbonyl (C=O) groups is 2. The van der Waals surface area contributed by atoms with Gasteiger partial charge >= 0.3 is 6.09 Å². The van der Waals surface area contributed by atoms with Gasteiger partial charge in [0.25, 0.3) is 0 Å². The van der Waals surface area contributed by atoms with Crippen molar-refractivity contribution in [1.29, 1.82) is 5.26 Å². The molecule has 2 aromatic heterocycles. The van der Waals surface area contributed by atoms with Crippen molar-refractivity contribution in [2.75, 3.05) is 5.32 Å². The van der Waals surface area contributed by atoms with E-state index >= 15 is 0 Å². The highest BCUT2D eigenvalue weighted by atomic mass is 19.1. The molecule has 8 heteroatoms. The summed E-state index contributed by atoms with van der Waals surface area (Å²) in [5.74, 6) is -1.69. The van der Waals surface area contributed by atoms with Crippen LogP contribution in [0.3, 0.4) is 0 Å². The van der Waals surface area contributed by atoms with E-state index in [1.165, 1.54) is 24.4 Å². The summed E-state index contributed by atoms with van der Waals surface area (Å²) in [6, 6.07) is 6.84. The van der Waals surface area contributed by atoms with Crippen LogP contribution >= 0.6 is 0 Å². The van der Waals surface area contributed by atoms with E-state index in [1.54, 1.807) is 26.8 Å². The van der Waals surface area contributed by atoms with Crippen LogP contribution in [0.4, 0.5) is 14.9 Å². The summed E-state index contributed by atoms with van der Waals surface area (Å²) in [5.41, 5.74) is -1.58. The number of pyridine rings is 2. The van der Waals surface area contributed by atoms with Crippen molar-refractivity contribution in [1.82, 2.24) is 9.97 Å². The van der Waals surface area contributed by atoms with Crippen LogP contribution in [-0.4, -0.2) is 27.4 Å². The highest BCUT2D eigenvalue weighted by Crippen LogP contribution is 2.20. The van der Waals surface area contributed by atoms with Gasteiger partial charge in [0.1, 0.15) is 28.8 Å². The van der Waals surface area contributed by atoms with Crippen LogP contribution in [0.15, 0.2) is 30.5 Å². The molecular formula is C17H15FN4O3. The van der Waals surface area contributed by atoms with Gasteiger partial charge < -0.3 is 4.74 Å². The maximum atomic E-state index is 13.8. The molecule has 2 rings (SSSR count). The number of hydrogen-bond acceptors (Lipinski definition) is 6. The molecule has 0 atom stereocenters. The number of nitrogens with zero attached hydrogens (tertiary/aromatic N) is 3. The molecule has 2 heterocycles. The van der Waals surface area contributed by atoms with E-state index in [4.69, 9.17) is 10.00 Å². The zero-order valence-corrected chi connectivity index (χ0v) is 13.8. The van der Waals surface area contributed by atoms with Gasteiger partial charge in [0, 0.05) is 6.20 Å². The van der Waals surface area contributed by atoms with Crippen LogP contribution in [0.1, 0.15) is 42.6 Å². The normalized spacial score (nSPS) is 10.7. The second kappa shape index (κ2) is 7.05. The Morgan fingerprint density at radius 2 is 1.96 bits per heavy atom. The molecule has 0 saturated heterocycles. The first-order valence-electron chi connectivity index (χ1n) is 7.27. The van der Waals surface area contributed by atoms with Gasteiger partial charge in [-0.25, -0.2) is 19.2 Å². The largest absolute Gasteiger partial charge is 0.444 e. The van der Waals surface area contributed by atoms with Crippen LogP contribution in [0.2, 0.25) is 0 Å². The predicted molar refractivity (Wildman–Crippen MR) is 86.4 cm³/mol. The fraction of sp³-hybridized carbons (Fsp3) is 0.235. The number of ketones is 1. The molecule has 0 radical (unpaired) electrons. The molecule has 0 aliphatic heterocycles. The molecule has 1 N–H and O–H groups in total. The van der Waals surface area contributed by atoms with E-state index in [0.717, 1.165) is 6.07 Å². The molecule has 0 bridgehead atoms. The van der Waals surface area contributed by atoms with E-state index in [1.807, 2.05) is 0 Å². The molecule has 0 unspecified atom stereocenters. The minimum Gasteiger partial charge on any atom is -0.444 e. The highest BCUT2D eigenvalue weighted by Gasteiger charge is 2.23. The summed E-state index contributed by atoms with van der Waals surface area (Å²) >= 11 is 0. The predicted octanol–water partition coefficient (Wildman–Crippen LogP) is 3.07. The lowest BCUT2D eigenvalue weighted by molar-refractivity contribution is 0.0636. The first kappa shape index (κ1) is 18.0. The maximum absolute atomic E-state index is 13.8. The molecule has 0 fully saturated rings. The van der Waals surface area contributed by atoms with Crippen LogP contribution in [0, 0.1) is 17.1 Å². The number of nitrogens with one attached hydrogen (secondary N) is 1. The molecule has 0 aromatic carbocycles. The summed E-state index contributed by atoms with van der Waals surface area (Å²) in [7, 11) is 0. The van der Waals surface area contributed by atoms with Crippen molar-refractivity contribution >= 4 is 17.6 Å². The van der Waals surface area contributed by atoms with Crippen LogP contribution in [0.25, 0.3) is 0 Å². The Hall–Kier alpha value is -3.34. The molecule has 7 nitrogen and oxygen atoms in total. The number of amides is 1. The van der Waals surface area contributed by atoms with E-state index < -0.39 is 29.0 Å². The topological polar surface area (TPSA) is 105 Å². The molecular weight excluding hydrogens is 327 g/mol. The van der Waals surface area contributed by atoms with Crippen molar-refractivity contribution in [2.45, 2.75) is 26.4 Å². The Morgan fingerprint density at radius 3 is 2.56 bits per heavy atom. The Kier molecular flexibility index (Phi) is 5.08. The first-order chi connectivity index (χ1) is 11.7. The van der Waals surface area contributed by atoms with Crippen molar-refractivity contribution < 1.29 is 18.7 Å². The number of anilines is 1. The van der Waals surface area contributed by atoms with E-state index in [2.05, 4.69) is 15.3 Å². The van der Waals surface area contributed by atoms with E-state index in [-0.39, 0.29) is 17.1 Å². The fourth-order valence-corrected chi connectivity index (χ4v) is 1.87. The number of hydrogen-bond donors (Lipinski definition) is 1. The summed E-state index contributed by atoms with van der Waals surface area (Å²) in [6.45, 7) is 5.04. The summed E-state index contributed by atoms with van der Waals surface area (Å²) in [6.07, 6.45) is 0.445. The third kappa shape index (κ3) is 4.57. The van der Waals surface area contributed by atoms with Gasteiger partial charge in [0.05, 0.1) is 5.69 Å². The molecule has 2 aromatic rings. The van der Waals surface area contributed by atoms with Crippen LogP contribution in [0.5, 0.6) is 0 Å². The average molecular weight is 342 g/mol. The van der Waals surface area contributed by atoms with Crippen molar-refractivity contribution in [3.8, 4) is 6.07 Å². The summed E-state index contributed by atoms with van der Waals surface area (Å²) in [4.78, 5) is 32.1. The van der Waals surface area contributed by atoms with Gasteiger partial charge in [-0.2, -0.15) is 5.26 Å². The van der Waals surface area contributed by atoms with Gasteiger partial charge in [0.2, 0.25) is 5.78 Å². The Morgan fingerprint density at radius 1 is 1.24 bits per heavy atom. The van der Waals surface area contributed by atoms with Gasteiger partial charge in [0.15, 0.2) is 5.82 Å². The first-order valence-corrected chi connectivity index (χ1v) is 7.27. The second-order valence-electron chi connectivity index (χ2n) is 5.99. The van der Waals surface area contributed by atoms with Gasteiger partial charge in [-0.3, -0.25) is 10.1 Å².